The second kappa shape index (κ2) is 11.1. The summed E-state index contributed by atoms with van der Waals surface area (Å²) in [4.78, 5) is 29.5. The zero-order valence-electron chi connectivity index (χ0n) is 19.5. The Bertz CT molecular complexity index is 1130. The summed E-state index contributed by atoms with van der Waals surface area (Å²) in [5.41, 5.74) is 11.0. The van der Waals surface area contributed by atoms with Gasteiger partial charge in [0.1, 0.15) is 18.0 Å². The second-order valence-electron chi connectivity index (χ2n) is 8.63. The van der Waals surface area contributed by atoms with Crippen LogP contribution in [0.4, 0.5) is 11.5 Å². The molecule has 12 heteroatoms. The maximum absolute atomic E-state index is 12.8. The molecule has 0 radical (unpaired) electrons. The number of carbonyl (C=O) groups is 1. The van der Waals surface area contributed by atoms with Gasteiger partial charge in [0.25, 0.3) is 0 Å². The van der Waals surface area contributed by atoms with Crippen LogP contribution in [0.15, 0.2) is 29.2 Å². The minimum atomic E-state index is -0.366. The highest BCUT2D eigenvalue weighted by Crippen LogP contribution is 2.45. The average Bonchev–Trinajstić information content (AvgIpc) is 2.85. The third-order valence-electron chi connectivity index (χ3n) is 6.17. The van der Waals surface area contributed by atoms with Crippen molar-refractivity contribution in [2.45, 2.75) is 38.1 Å². The molecule has 8 N–H and O–H groups in total. The molecule has 1 amide bonds. The third-order valence-corrected chi connectivity index (χ3v) is 6.17. The van der Waals surface area contributed by atoms with Gasteiger partial charge in [-0.3, -0.25) is 14.8 Å². The van der Waals surface area contributed by atoms with Crippen molar-refractivity contribution in [1.82, 2.24) is 20.2 Å². The van der Waals surface area contributed by atoms with Crippen molar-refractivity contribution in [3.63, 3.8) is 0 Å². The van der Waals surface area contributed by atoms with Gasteiger partial charge >= 0.3 is 5.69 Å². The third kappa shape index (κ3) is 5.83. The second-order valence-corrected chi connectivity index (χ2v) is 8.63. The Balaban J connectivity index is 1.36. The van der Waals surface area contributed by atoms with Crippen LogP contribution in [-0.4, -0.2) is 47.7 Å². The van der Waals surface area contributed by atoms with E-state index in [4.69, 9.17) is 26.4 Å². The van der Waals surface area contributed by atoms with Crippen LogP contribution in [-0.2, 0) is 4.79 Å². The summed E-state index contributed by atoms with van der Waals surface area (Å²) in [6, 6.07) is 5.39. The maximum atomic E-state index is 12.8. The summed E-state index contributed by atoms with van der Waals surface area (Å²) >= 11 is 0. The van der Waals surface area contributed by atoms with Crippen LogP contribution in [0.3, 0.4) is 0 Å². The first-order valence-corrected chi connectivity index (χ1v) is 11.9. The smallest absolute Gasteiger partial charge is 0.350 e. The molecule has 0 bridgehead atoms. The quantitative estimate of drug-likeness (QED) is 0.147. The number of fused-ring (bicyclic) bond motifs is 2. The van der Waals surface area contributed by atoms with Gasteiger partial charge in [0.15, 0.2) is 23.3 Å². The maximum Gasteiger partial charge on any atom is 0.350 e. The fraction of sp³-hybridized carbons (Fsp3) is 0.478. The van der Waals surface area contributed by atoms with Crippen LogP contribution in [0.25, 0.3) is 0 Å². The Kier molecular flexibility index (Phi) is 7.70. The number of hydrogen-bond donors (Lipinski definition) is 6. The van der Waals surface area contributed by atoms with Gasteiger partial charge in [-0.2, -0.15) is 4.98 Å². The molecule has 0 spiro atoms. The molecule has 35 heavy (non-hydrogen) atoms. The van der Waals surface area contributed by atoms with Crippen LogP contribution >= 0.6 is 0 Å². The molecular weight excluding hydrogens is 452 g/mol. The number of para-hydroxylation sites is 1. The Labute approximate surface area is 202 Å². The van der Waals surface area contributed by atoms with Crippen molar-refractivity contribution in [1.29, 1.82) is 5.41 Å². The molecule has 188 valence electrons. The largest absolute Gasteiger partial charge is 0.490 e. The summed E-state index contributed by atoms with van der Waals surface area (Å²) < 4.78 is 13.3. The number of aromatic nitrogens is 2. The lowest BCUT2D eigenvalue weighted by Crippen LogP contribution is -2.37. The Morgan fingerprint density at radius 1 is 1.23 bits per heavy atom. The summed E-state index contributed by atoms with van der Waals surface area (Å²) in [6.45, 7) is 1.81. The van der Waals surface area contributed by atoms with E-state index in [1.54, 1.807) is 16.8 Å². The molecule has 12 nitrogen and oxygen atoms in total. The molecule has 1 aliphatic carbocycles. The summed E-state index contributed by atoms with van der Waals surface area (Å²) in [5, 5.41) is 15.9. The number of rotatable bonds is 9. The molecule has 1 aliphatic heterocycles. The summed E-state index contributed by atoms with van der Waals surface area (Å²) in [5.74, 6) is 1.84. The fourth-order valence-corrected chi connectivity index (χ4v) is 4.41. The number of ether oxygens (including phenoxy) is 2. The molecule has 1 aromatic carbocycles. The number of benzene rings is 1. The summed E-state index contributed by atoms with van der Waals surface area (Å²) in [7, 11) is 0. The number of nitrogens with one attached hydrogen (secondary N) is 4. The van der Waals surface area contributed by atoms with E-state index in [0.717, 1.165) is 0 Å². The molecule has 4 rings (SSSR count). The van der Waals surface area contributed by atoms with Gasteiger partial charge in [0.05, 0.1) is 6.20 Å². The van der Waals surface area contributed by atoms with Gasteiger partial charge in [-0.1, -0.05) is 6.07 Å². The number of guanidine groups is 1. The average molecular weight is 485 g/mol. The highest BCUT2D eigenvalue weighted by atomic mass is 16.5. The lowest BCUT2D eigenvalue weighted by atomic mass is 9.85. The molecule has 2 aromatic rings. The molecule has 0 unspecified atom stereocenters. The standard InChI is InChI=1S/C23H32N8O4/c24-9-12-34-16-3-1-4-17-19(16)29-20-18(35-17)13-31(23(33)30-20)15-7-5-14(6-8-15)21(32)27-10-2-11-28-22(25)26/h1,3-4,13-15H,2,5-12,24H2,(H,27,32)(H4,25,26,28)(H,29,30,33). The van der Waals surface area contributed by atoms with Crippen molar-refractivity contribution in [2.24, 2.45) is 17.4 Å². The SMILES string of the molecule is N=C(N)NCCCNC(=O)C1CCC(n2cc3c(nc2=O)Nc2c(OCCN)cccc2O3)CC1. The van der Waals surface area contributed by atoms with E-state index in [0.29, 0.717) is 87.1 Å². The highest BCUT2D eigenvalue weighted by Gasteiger charge is 2.29. The molecule has 1 aromatic heterocycles. The predicted molar refractivity (Wildman–Crippen MR) is 131 cm³/mol. The van der Waals surface area contributed by atoms with Gasteiger partial charge < -0.3 is 36.9 Å². The first kappa shape index (κ1) is 24.3. The Hall–Kier alpha value is -3.80. The first-order chi connectivity index (χ1) is 17.0. The predicted octanol–water partition coefficient (Wildman–Crippen LogP) is 1.15. The van der Waals surface area contributed by atoms with Crippen LogP contribution < -0.4 is 42.6 Å². The van der Waals surface area contributed by atoms with E-state index < -0.39 is 0 Å². The van der Waals surface area contributed by atoms with E-state index in [2.05, 4.69) is 20.9 Å². The Morgan fingerprint density at radius 2 is 2.00 bits per heavy atom. The van der Waals surface area contributed by atoms with Crippen LogP contribution in [0.2, 0.25) is 0 Å². The zero-order valence-corrected chi connectivity index (χ0v) is 19.5. The lowest BCUT2D eigenvalue weighted by molar-refractivity contribution is -0.126. The number of carbonyl (C=O) groups excluding carboxylic acids is 1. The monoisotopic (exact) mass is 484 g/mol. The number of anilines is 2. The van der Waals surface area contributed by atoms with Gasteiger partial charge in [-0.05, 0) is 44.2 Å². The first-order valence-electron chi connectivity index (χ1n) is 11.9. The zero-order chi connectivity index (χ0) is 24.8. The molecular formula is C23H32N8O4. The number of nitrogens with two attached hydrogens (primary N) is 2. The van der Waals surface area contributed by atoms with E-state index in [-0.39, 0.29) is 29.5 Å². The van der Waals surface area contributed by atoms with Gasteiger partial charge in [-0.25, -0.2) is 4.79 Å². The lowest BCUT2D eigenvalue weighted by Gasteiger charge is -2.30. The van der Waals surface area contributed by atoms with E-state index in [9.17, 15) is 9.59 Å². The molecule has 0 atom stereocenters. The molecule has 1 fully saturated rings. The van der Waals surface area contributed by atoms with Crippen LogP contribution in [0, 0.1) is 11.3 Å². The minimum absolute atomic E-state index is 0.0268. The van der Waals surface area contributed by atoms with Crippen molar-refractivity contribution in [3.05, 3.63) is 34.9 Å². The fourth-order valence-electron chi connectivity index (χ4n) is 4.41. The highest BCUT2D eigenvalue weighted by molar-refractivity contribution is 5.79. The van der Waals surface area contributed by atoms with Gasteiger partial charge in [0.2, 0.25) is 5.91 Å². The van der Waals surface area contributed by atoms with Gasteiger partial charge in [-0.15, -0.1) is 0 Å². The van der Waals surface area contributed by atoms with E-state index in [1.165, 1.54) is 0 Å². The van der Waals surface area contributed by atoms with E-state index >= 15 is 0 Å². The number of hydrogen-bond acceptors (Lipinski definition) is 8. The number of nitrogens with zero attached hydrogens (tertiary/aromatic N) is 2. The molecule has 2 aliphatic rings. The number of amides is 1. The van der Waals surface area contributed by atoms with Crippen molar-refractivity contribution >= 4 is 23.4 Å². The molecule has 0 saturated heterocycles. The Morgan fingerprint density at radius 3 is 2.74 bits per heavy atom. The van der Waals surface area contributed by atoms with Crippen molar-refractivity contribution in [2.75, 3.05) is 31.6 Å². The summed E-state index contributed by atoms with van der Waals surface area (Å²) in [6.07, 6.45) is 5.16. The van der Waals surface area contributed by atoms with Gasteiger partial charge in [0, 0.05) is 31.6 Å². The molecule has 1 saturated carbocycles. The van der Waals surface area contributed by atoms with E-state index in [1.807, 2.05) is 12.1 Å². The van der Waals surface area contributed by atoms with Crippen LogP contribution in [0.5, 0.6) is 17.2 Å². The minimum Gasteiger partial charge on any atom is -0.490 e. The van der Waals surface area contributed by atoms with Crippen molar-refractivity contribution in [3.8, 4) is 17.2 Å². The topological polar surface area (TPSA) is 182 Å². The van der Waals surface area contributed by atoms with Crippen molar-refractivity contribution < 1.29 is 14.3 Å². The normalized spacial score (nSPS) is 18.3. The molecule has 2 heterocycles. The van der Waals surface area contributed by atoms with Crippen LogP contribution in [0.1, 0.15) is 38.1 Å².